The second kappa shape index (κ2) is 7.83. The predicted octanol–water partition coefficient (Wildman–Crippen LogP) is 4.47. The molecule has 0 saturated carbocycles. The number of rotatable bonds is 5. The Hall–Kier alpha value is -2.47. The summed E-state index contributed by atoms with van der Waals surface area (Å²) in [6.45, 7) is 8.92. The van der Waals surface area contributed by atoms with Crippen LogP contribution in [0.3, 0.4) is 0 Å². The van der Waals surface area contributed by atoms with Gasteiger partial charge in [0, 0.05) is 21.5 Å². The van der Waals surface area contributed by atoms with Crippen molar-refractivity contribution in [2.75, 3.05) is 5.32 Å². The Morgan fingerprint density at radius 3 is 2.15 bits per heavy atom. The van der Waals surface area contributed by atoms with E-state index < -0.39 is 17.5 Å². The van der Waals surface area contributed by atoms with Gasteiger partial charge in [-0.2, -0.15) is 0 Å². The fraction of sp³-hybridized carbons (Fsp3) is 0.350. The van der Waals surface area contributed by atoms with Crippen LogP contribution in [0.2, 0.25) is 0 Å². The van der Waals surface area contributed by atoms with Gasteiger partial charge in [0.15, 0.2) is 6.10 Å². The minimum atomic E-state index is -0.889. The molecule has 0 aliphatic carbocycles. The molecule has 138 valence electrons. The summed E-state index contributed by atoms with van der Waals surface area (Å²) in [5, 5.41) is 2.80. The average molecular weight is 373 g/mol. The number of nitrogens with one attached hydrogen (secondary N) is 1. The summed E-state index contributed by atoms with van der Waals surface area (Å²) in [5.41, 5.74) is 0.527. The standard InChI is InChI=1S/C20H23NO4S/c1-12-6-11-16(26-12)18(23)25-13(2)17(22)14-7-9-15(10-8-14)21-19(24)20(3,4)5/h6-11,13H,1-5H3,(H,21,24). The number of aryl methyl sites for hydroxylation is 1. The van der Waals surface area contributed by atoms with Crippen molar-refractivity contribution in [3.05, 3.63) is 51.7 Å². The van der Waals surface area contributed by atoms with Gasteiger partial charge in [-0.25, -0.2) is 4.79 Å². The molecule has 2 rings (SSSR count). The lowest BCUT2D eigenvalue weighted by Crippen LogP contribution is -2.27. The molecule has 2 aromatic rings. The number of benzene rings is 1. The van der Waals surface area contributed by atoms with E-state index in [9.17, 15) is 14.4 Å². The zero-order valence-electron chi connectivity index (χ0n) is 15.6. The van der Waals surface area contributed by atoms with E-state index in [2.05, 4.69) is 5.32 Å². The third-order valence-corrected chi connectivity index (χ3v) is 4.68. The zero-order chi connectivity index (χ0) is 19.5. The molecule has 1 unspecified atom stereocenters. The van der Waals surface area contributed by atoms with Crippen molar-refractivity contribution in [2.24, 2.45) is 5.41 Å². The number of esters is 1. The van der Waals surface area contributed by atoms with E-state index in [0.717, 1.165) is 4.88 Å². The summed E-state index contributed by atoms with van der Waals surface area (Å²) < 4.78 is 5.26. The highest BCUT2D eigenvalue weighted by Gasteiger charge is 2.23. The third kappa shape index (κ3) is 5.02. The molecule has 0 aliphatic rings. The molecule has 0 fully saturated rings. The summed E-state index contributed by atoms with van der Waals surface area (Å²) in [7, 11) is 0. The molecule has 0 spiro atoms. The van der Waals surface area contributed by atoms with Crippen molar-refractivity contribution in [3.63, 3.8) is 0 Å². The van der Waals surface area contributed by atoms with Gasteiger partial charge in [-0.1, -0.05) is 20.8 Å². The summed E-state index contributed by atoms with van der Waals surface area (Å²) in [6.07, 6.45) is -0.889. The Labute approximate surface area is 157 Å². The fourth-order valence-corrected chi connectivity index (χ4v) is 2.84. The second-order valence-corrected chi connectivity index (χ2v) is 8.39. The zero-order valence-corrected chi connectivity index (χ0v) is 16.4. The highest BCUT2D eigenvalue weighted by molar-refractivity contribution is 7.13. The van der Waals surface area contributed by atoms with Gasteiger partial charge in [-0.05, 0) is 50.2 Å². The summed E-state index contributed by atoms with van der Waals surface area (Å²) in [4.78, 5) is 38.0. The number of thiophene rings is 1. The first-order chi connectivity index (χ1) is 12.1. The van der Waals surface area contributed by atoms with Gasteiger partial charge in [0.05, 0.1) is 0 Å². The first kappa shape index (κ1) is 19.8. The molecule has 6 heteroatoms. The fourth-order valence-electron chi connectivity index (χ4n) is 2.09. The van der Waals surface area contributed by atoms with Gasteiger partial charge in [-0.3, -0.25) is 9.59 Å². The molecule has 1 aromatic heterocycles. The second-order valence-electron chi connectivity index (χ2n) is 7.10. The summed E-state index contributed by atoms with van der Waals surface area (Å²) >= 11 is 1.33. The molecule has 0 aliphatic heterocycles. The van der Waals surface area contributed by atoms with Crippen LogP contribution in [0.5, 0.6) is 0 Å². The van der Waals surface area contributed by atoms with Crippen molar-refractivity contribution in [2.45, 2.75) is 40.7 Å². The largest absolute Gasteiger partial charge is 0.450 e. The summed E-state index contributed by atoms with van der Waals surface area (Å²) in [5.74, 6) is -0.900. The van der Waals surface area contributed by atoms with E-state index in [4.69, 9.17) is 4.74 Å². The van der Waals surface area contributed by atoms with Gasteiger partial charge in [0.1, 0.15) is 4.88 Å². The van der Waals surface area contributed by atoms with Gasteiger partial charge < -0.3 is 10.1 Å². The van der Waals surface area contributed by atoms with E-state index in [1.54, 1.807) is 37.3 Å². The van der Waals surface area contributed by atoms with Gasteiger partial charge in [0.2, 0.25) is 11.7 Å². The van der Waals surface area contributed by atoms with E-state index in [0.29, 0.717) is 16.1 Å². The maximum Gasteiger partial charge on any atom is 0.349 e. The van der Waals surface area contributed by atoms with Crippen LogP contribution >= 0.6 is 11.3 Å². The molecule has 1 amide bonds. The van der Waals surface area contributed by atoms with Crippen LogP contribution in [0.1, 0.15) is 52.6 Å². The number of hydrogen-bond donors (Lipinski definition) is 1. The lowest BCUT2D eigenvalue weighted by molar-refractivity contribution is -0.123. The molecular formula is C20H23NO4S. The van der Waals surface area contributed by atoms with Crippen molar-refractivity contribution in [3.8, 4) is 0 Å². The van der Waals surface area contributed by atoms with Crippen LogP contribution in [0, 0.1) is 12.3 Å². The number of carbonyl (C=O) groups is 3. The molecule has 1 heterocycles. The highest BCUT2D eigenvalue weighted by atomic mass is 32.1. The Bertz CT molecular complexity index is 815. The molecule has 5 nitrogen and oxygen atoms in total. The quantitative estimate of drug-likeness (QED) is 0.620. The van der Waals surface area contributed by atoms with Crippen molar-refractivity contribution >= 4 is 34.7 Å². The number of Topliss-reactive ketones (excluding diaryl/α,β-unsaturated/α-hetero) is 1. The van der Waals surface area contributed by atoms with Crippen LogP contribution in [0.15, 0.2) is 36.4 Å². The lowest BCUT2D eigenvalue weighted by Gasteiger charge is -2.18. The summed E-state index contributed by atoms with van der Waals surface area (Å²) in [6, 6.07) is 10.1. The molecular weight excluding hydrogens is 350 g/mol. The number of ether oxygens (including phenoxy) is 1. The van der Waals surface area contributed by atoms with Crippen LogP contribution in [-0.4, -0.2) is 23.8 Å². The van der Waals surface area contributed by atoms with E-state index >= 15 is 0 Å². The maximum absolute atomic E-state index is 12.4. The first-order valence-corrected chi connectivity index (χ1v) is 9.13. The van der Waals surface area contributed by atoms with E-state index in [-0.39, 0.29) is 11.7 Å². The maximum atomic E-state index is 12.4. The van der Waals surface area contributed by atoms with E-state index in [1.165, 1.54) is 11.3 Å². The minimum absolute atomic E-state index is 0.106. The monoisotopic (exact) mass is 373 g/mol. The highest BCUT2D eigenvalue weighted by Crippen LogP contribution is 2.20. The molecule has 1 aromatic carbocycles. The van der Waals surface area contributed by atoms with Crippen LogP contribution in [0.25, 0.3) is 0 Å². The van der Waals surface area contributed by atoms with Gasteiger partial charge >= 0.3 is 5.97 Å². The topological polar surface area (TPSA) is 72.5 Å². The molecule has 0 bridgehead atoms. The Balaban J connectivity index is 2.00. The molecule has 26 heavy (non-hydrogen) atoms. The van der Waals surface area contributed by atoms with E-state index in [1.807, 2.05) is 33.8 Å². The number of hydrogen-bond acceptors (Lipinski definition) is 5. The average Bonchev–Trinajstić information content (AvgIpc) is 3.00. The Kier molecular flexibility index (Phi) is 5.97. The van der Waals surface area contributed by atoms with Gasteiger partial charge in [-0.15, -0.1) is 11.3 Å². The van der Waals surface area contributed by atoms with Crippen molar-refractivity contribution in [1.82, 2.24) is 0 Å². The SMILES string of the molecule is Cc1ccc(C(=O)OC(C)C(=O)c2ccc(NC(=O)C(C)(C)C)cc2)s1. The molecule has 0 saturated heterocycles. The predicted molar refractivity (Wildman–Crippen MR) is 103 cm³/mol. The minimum Gasteiger partial charge on any atom is -0.450 e. The van der Waals surface area contributed by atoms with Gasteiger partial charge in [0.25, 0.3) is 0 Å². The van der Waals surface area contributed by atoms with Crippen LogP contribution in [-0.2, 0) is 9.53 Å². The number of ketones is 1. The van der Waals surface area contributed by atoms with Crippen molar-refractivity contribution in [1.29, 1.82) is 0 Å². The normalized spacial score (nSPS) is 12.3. The molecule has 1 atom stereocenters. The Morgan fingerprint density at radius 2 is 1.65 bits per heavy atom. The number of anilines is 1. The molecule has 0 radical (unpaired) electrons. The Morgan fingerprint density at radius 1 is 1.04 bits per heavy atom. The number of amides is 1. The van der Waals surface area contributed by atoms with Crippen molar-refractivity contribution < 1.29 is 19.1 Å². The third-order valence-electron chi connectivity index (χ3n) is 3.70. The lowest BCUT2D eigenvalue weighted by atomic mass is 9.95. The van der Waals surface area contributed by atoms with Crippen LogP contribution in [0.4, 0.5) is 5.69 Å². The number of carbonyl (C=O) groups excluding carboxylic acids is 3. The molecule has 1 N–H and O–H groups in total. The first-order valence-electron chi connectivity index (χ1n) is 8.31. The smallest absolute Gasteiger partial charge is 0.349 e. The van der Waals surface area contributed by atoms with Crippen LogP contribution < -0.4 is 5.32 Å².